The minimum Gasteiger partial charge on any atom is -0.507 e. The van der Waals surface area contributed by atoms with Crippen LogP contribution in [0.15, 0.2) is 57.0 Å². The minimum absolute atomic E-state index is 0.231. The summed E-state index contributed by atoms with van der Waals surface area (Å²) in [5.74, 6) is -1.63. The van der Waals surface area contributed by atoms with Crippen LogP contribution < -0.4 is 11.2 Å². The number of rotatable bonds is 6. The summed E-state index contributed by atoms with van der Waals surface area (Å²) >= 11 is 0. The van der Waals surface area contributed by atoms with Gasteiger partial charge in [0, 0.05) is 6.21 Å². The number of aliphatic imine (C=N–C) groups is 1. The molecule has 0 saturated carbocycles. The first-order valence-electron chi connectivity index (χ1n) is 8.64. The fraction of sp³-hybridized carbons (Fsp3) is 0. The first kappa shape index (κ1) is 20.9. The summed E-state index contributed by atoms with van der Waals surface area (Å²) in [4.78, 5) is 52.4. The third-order valence-electron chi connectivity index (χ3n) is 4.08. The molecule has 3 rings (SSSR count). The lowest BCUT2D eigenvalue weighted by molar-refractivity contribution is -0.386. The van der Waals surface area contributed by atoms with Crippen LogP contribution in [0, 0.1) is 10.1 Å². The Hall–Kier alpha value is -4.80. The molecule has 1 heterocycles. The highest BCUT2D eigenvalue weighted by Gasteiger charge is 2.18. The molecule has 0 amide bonds. The Morgan fingerprint density at radius 3 is 2.35 bits per heavy atom. The monoisotopic (exact) mass is 422 g/mol. The molecular weight excluding hydrogens is 408 g/mol. The highest BCUT2D eigenvalue weighted by Crippen LogP contribution is 2.23. The van der Waals surface area contributed by atoms with E-state index in [0.717, 1.165) is 0 Å². The summed E-state index contributed by atoms with van der Waals surface area (Å²) in [6.07, 6.45) is 4.23. The number of nitro groups is 1. The van der Waals surface area contributed by atoms with Gasteiger partial charge in [-0.15, -0.1) is 0 Å². The number of hydrogen-bond donors (Lipinski definition) is 4. The molecule has 4 N–H and O–H groups in total. The Bertz CT molecular complexity index is 1330. The van der Waals surface area contributed by atoms with Crippen molar-refractivity contribution in [1.29, 1.82) is 0 Å². The molecule has 0 atom stereocenters. The fourth-order valence-electron chi connectivity index (χ4n) is 2.60. The second-order valence-electron chi connectivity index (χ2n) is 6.19. The fourth-order valence-corrected chi connectivity index (χ4v) is 2.60. The van der Waals surface area contributed by atoms with Gasteiger partial charge in [0.25, 0.3) is 0 Å². The molecule has 11 nitrogen and oxygen atoms in total. The zero-order chi connectivity index (χ0) is 22.5. The average Bonchev–Trinajstić information content (AvgIpc) is 2.71. The van der Waals surface area contributed by atoms with E-state index in [1.807, 2.05) is 0 Å². The van der Waals surface area contributed by atoms with Gasteiger partial charge in [-0.1, -0.05) is 30.3 Å². The van der Waals surface area contributed by atoms with Gasteiger partial charge in [0.2, 0.25) is 0 Å². The smallest absolute Gasteiger partial charge is 0.357 e. The Morgan fingerprint density at radius 1 is 1.03 bits per heavy atom. The molecule has 0 spiro atoms. The maximum absolute atomic E-state index is 11.6. The van der Waals surface area contributed by atoms with Crippen molar-refractivity contribution in [2.45, 2.75) is 0 Å². The van der Waals surface area contributed by atoms with Gasteiger partial charge in [0.1, 0.15) is 17.0 Å². The summed E-state index contributed by atoms with van der Waals surface area (Å²) in [5, 5.41) is 29.6. The van der Waals surface area contributed by atoms with Crippen LogP contribution in [-0.4, -0.2) is 37.3 Å². The standard InChI is InChI=1S/C20H14N4O7/c25-16-8-6-13(9-14(16)19(27)28)21-10-12-3-1-11(2-4-12)5-7-15-17(24(30)31)18(26)23-20(29)22-15/h1-10,25H,(H,27,28)(H2,22,23,26,29). The van der Waals surface area contributed by atoms with Crippen LogP contribution in [0.1, 0.15) is 27.2 Å². The van der Waals surface area contributed by atoms with Gasteiger partial charge in [0.05, 0.1) is 10.6 Å². The number of aromatic hydroxyl groups is 1. The predicted octanol–water partition coefficient (Wildman–Crippen LogP) is 2.30. The Labute approximate surface area is 172 Å². The quantitative estimate of drug-likeness (QED) is 0.267. The van der Waals surface area contributed by atoms with Crippen LogP contribution in [-0.2, 0) is 0 Å². The van der Waals surface area contributed by atoms with Crippen LogP contribution in [0.2, 0.25) is 0 Å². The molecule has 2 aromatic carbocycles. The van der Waals surface area contributed by atoms with Gasteiger partial charge in [-0.05, 0) is 35.4 Å². The SMILES string of the molecule is O=C(O)c1cc(N=Cc2ccc(C=Cc3[nH]c(=O)[nH]c(=O)c3[N+](=O)[O-])cc2)ccc1O. The minimum atomic E-state index is -1.27. The van der Waals surface area contributed by atoms with Crippen LogP contribution >= 0.6 is 0 Å². The van der Waals surface area contributed by atoms with Gasteiger partial charge in [-0.25, -0.2) is 9.59 Å². The number of nitrogens with one attached hydrogen (secondary N) is 2. The number of aromatic amines is 2. The number of nitrogens with zero attached hydrogens (tertiary/aromatic N) is 2. The van der Waals surface area contributed by atoms with Crippen molar-refractivity contribution in [1.82, 2.24) is 9.97 Å². The predicted molar refractivity (Wildman–Crippen MR) is 112 cm³/mol. The third kappa shape index (κ3) is 4.98. The van der Waals surface area contributed by atoms with E-state index in [2.05, 4.69) is 9.98 Å². The average molecular weight is 422 g/mol. The zero-order valence-electron chi connectivity index (χ0n) is 15.6. The number of hydrogen-bond acceptors (Lipinski definition) is 7. The Morgan fingerprint density at radius 2 is 1.71 bits per heavy atom. The van der Waals surface area contributed by atoms with Crippen molar-refractivity contribution in [3.8, 4) is 5.75 Å². The number of aromatic carboxylic acids is 1. The Kier molecular flexibility index (Phi) is 5.87. The molecule has 0 bridgehead atoms. The molecule has 3 aromatic rings. The highest BCUT2D eigenvalue weighted by atomic mass is 16.6. The summed E-state index contributed by atoms with van der Waals surface area (Å²) in [5.41, 5.74) is -1.57. The lowest BCUT2D eigenvalue weighted by Gasteiger charge is -2.01. The molecule has 0 radical (unpaired) electrons. The zero-order valence-corrected chi connectivity index (χ0v) is 15.6. The van der Waals surface area contributed by atoms with E-state index in [4.69, 9.17) is 5.11 Å². The molecule has 31 heavy (non-hydrogen) atoms. The number of benzene rings is 2. The summed E-state index contributed by atoms with van der Waals surface area (Å²) < 4.78 is 0. The van der Waals surface area contributed by atoms with E-state index in [0.29, 0.717) is 16.8 Å². The number of carbonyl (C=O) groups is 1. The maximum Gasteiger partial charge on any atom is 0.357 e. The van der Waals surface area contributed by atoms with E-state index >= 15 is 0 Å². The molecule has 156 valence electrons. The molecule has 0 unspecified atom stereocenters. The molecule has 1 aromatic heterocycles. The maximum atomic E-state index is 11.6. The number of phenols is 1. The summed E-state index contributed by atoms with van der Waals surface area (Å²) in [6, 6.07) is 10.7. The van der Waals surface area contributed by atoms with Crippen molar-refractivity contribution >= 4 is 35.7 Å². The van der Waals surface area contributed by atoms with E-state index < -0.39 is 27.8 Å². The largest absolute Gasteiger partial charge is 0.507 e. The van der Waals surface area contributed by atoms with Gasteiger partial charge < -0.3 is 15.2 Å². The van der Waals surface area contributed by atoms with Crippen molar-refractivity contribution < 1.29 is 19.9 Å². The van der Waals surface area contributed by atoms with Crippen LogP contribution in [0.4, 0.5) is 11.4 Å². The number of H-pyrrole nitrogens is 2. The van der Waals surface area contributed by atoms with E-state index in [1.165, 1.54) is 36.6 Å². The topological polar surface area (TPSA) is 179 Å². The van der Waals surface area contributed by atoms with Gasteiger partial charge in [-0.2, -0.15) is 0 Å². The van der Waals surface area contributed by atoms with E-state index in [1.54, 1.807) is 29.2 Å². The lowest BCUT2D eigenvalue weighted by atomic mass is 10.1. The van der Waals surface area contributed by atoms with Crippen molar-refractivity contribution in [2.24, 2.45) is 4.99 Å². The molecule has 0 aliphatic carbocycles. The number of carboxylic acid groups (broad SMARTS) is 1. The van der Waals surface area contributed by atoms with Crippen molar-refractivity contribution in [2.75, 3.05) is 0 Å². The third-order valence-corrected chi connectivity index (χ3v) is 4.08. The van der Waals surface area contributed by atoms with Crippen LogP contribution in [0.25, 0.3) is 12.2 Å². The number of aromatic nitrogens is 2. The number of carboxylic acids is 1. The van der Waals surface area contributed by atoms with Gasteiger partial charge >= 0.3 is 22.9 Å². The van der Waals surface area contributed by atoms with E-state index in [-0.39, 0.29) is 17.0 Å². The molecule has 0 fully saturated rings. The van der Waals surface area contributed by atoms with Crippen molar-refractivity contribution in [3.05, 3.63) is 95.8 Å². The molecule has 0 saturated heterocycles. The summed E-state index contributed by atoms with van der Waals surface area (Å²) in [7, 11) is 0. The van der Waals surface area contributed by atoms with Gasteiger partial charge in [-0.3, -0.25) is 24.9 Å². The molecule has 0 aliphatic heterocycles. The highest BCUT2D eigenvalue weighted by molar-refractivity contribution is 5.92. The first-order chi connectivity index (χ1) is 14.7. The molecular formula is C20H14N4O7. The van der Waals surface area contributed by atoms with E-state index in [9.17, 15) is 29.6 Å². The molecule has 0 aliphatic rings. The van der Waals surface area contributed by atoms with Gasteiger partial charge in [0.15, 0.2) is 0 Å². The van der Waals surface area contributed by atoms with Crippen LogP contribution in [0.3, 0.4) is 0 Å². The second kappa shape index (κ2) is 8.69. The molecule has 11 heteroatoms. The van der Waals surface area contributed by atoms with Crippen molar-refractivity contribution in [3.63, 3.8) is 0 Å². The second-order valence-corrected chi connectivity index (χ2v) is 6.19. The lowest BCUT2D eigenvalue weighted by Crippen LogP contribution is -2.25. The normalized spacial score (nSPS) is 11.2. The Balaban J connectivity index is 1.80. The summed E-state index contributed by atoms with van der Waals surface area (Å²) in [6.45, 7) is 0. The van der Waals surface area contributed by atoms with Crippen LogP contribution in [0.5, 0.6) is 5.75 Å². The first-order valence-corrected chi connectivity index (χ1v) is 8.64.